The van der Waals surface area contributed by atoms with Gasteiger partial charge in [0.25, 0.3) is 0 Å². The minimum atomic E-state index is -0.428. The lowest BCUT2D eigenvalue weighted by atomic mass is 10.2. The van der Waals surface area contributed by atoms with Gasteiger partial charge in [-0.1, -0.05) is 5.16 Å². The molecule has 0 aliphatic carbocycles. The molecule has 1 aromatic carbocycles. The first-order chi connectivity index (χ1) is 12.4. The molecule has 140 valence electrons. The molecule has 2 aromatic rings. The number of aryl methyl sites for hydroxylation is 1. The van der Waals surface area contributed by atoms with Crippen LogP contribution < -0.4 is 24.4 Å². The summed E-state index contributed by atoms with van der Waals surface area (Å²) in [4.78, 5) is 25.6. The maximum absolute atomic E-state index is 12.3. The summed E-state index contributed by atoms with van der Waals surface area (Å²) in [5.74, 6) is 1.23. The number of aromatic nitrogens is 1. The van der Waals surface area contributed by atoms with Crippen molar-refractivity contribution in [1.82, 2.24) is 5.16 Å². The van der Waals surface area contributed by atoms with Crippen molar-refractivity contribution in [2.45, 2.75) is 13.8 Å². The first-order valence-corrected chi connectivity index (χ1v) is 7.70. The van der Waals surface area contributed by atoms with Crippen LogP contribution in [-0.4, -0.2) is 44.8 Å². The van der Waals surface area contributed by atoms with Gasteiger partial charge in [0.2, 0.25) is 17.6 Å². The Morgan fingerprint density at radius 2 is 1.73 bits per heavy atom. The van der Waals surface area contributed by atoms with E-state index in [0.29, 0.717) is 28.7 Å². The van der Waals surface area contributed by atoms with Crippen molar-refractivity contribution in [1.29, 1.82) is 0 Å². The Morgan fingerprint density at radius 1 is 1.12 bits per heavy atom. The van der Waals surface area contributed by atoms with E-state index in [2.05, 4.69) is 10.5 Å². The maximum atomic E-state index is 12.3. The normalized spacial score (nSPS) is 10.2. The lowest BCUT2D eigenvalue weighted by Gasteiger charge is -2.23. The second kappa shape index (κ2) is 8.24. The molecule has 1 N–H and O–H groups in total. The molecule has 0 spiro atoms. The van der Waals surface area contributed by atoms with E-state index in [0.717, 1.165) is 0 Å². The van der Waals surface area contributed by atoms with Crippen LogP contribution in [0.25, 0.3) is 0 Å². The van der Waals surface area contributed by atoms with Gasteiger partial charge in [-0.2, -0.15) is 0 Å². The number of benzene rings is 1. The van der Waals surface area contributed by atoms with E-state index in [-0.39, 0.29) is 18.3 Å². The molecule has 0 atom stereocenters. The number of hydrogen-bond acceptors (Lipinski definition) is 7. The van der Waals surface area contributed by atoms with Crippen molar-refractivity contribution < 1.29 is 28.3 Å². The van der Waals surface area contributed by atoms with Crippen molar-refractivity contribution >= 4 is 23.3 Å². The van der Waals surface area contributed by atoms with Crippen molar-refractivity contribution in [2.24, 2.45) is 0 Å². The van der Waals surface area contributed by atoms with Gasteiger partial charge in [0.15, 0.2) is 17.3 Å². The third kappa shape index (κ3) is 4.24. The summed E-state index contributed by atoms with van der Waals surface area (Å²) in [6, 6.07) is 4.77. The molecule has 0 saturated heterocycles. The number of methoxy groups -OCH3 is 3. The van der Waals surface area contributed by atoms with Crippen LogP contribution in [0.5, 0.6) is 17.2 Å². The number of amides is 2. The van der Waals surface area contributed by atoms with Gasteiger partial charge in [-0.05, 0) is 6.92 Å². The highest BCUT2D eigenvalue weighted by atomic mass is 16.5. The smallest absolute Gasteiger partial charge is 0.245 e. The van der Waals surface area contributed by atoms with Crippen molar-refractivity contribution in [2.75, 3.05) is 38.1 Å². The molecule has 0 unspecified atom stereocenters. The second-order valence-corrected chi connectivity index (χ2v) is 5.36. The number of ether oxygens (including phenoxy) is 3. The van der Waals surface area contributed by atoms with E-state index in [1.54, 1.807) is 25.1 Å². The number of hydrogen-bond donors (Lipinski definition) is 1. The monoisotopic (exact) mass is 363 g/mol. The Bertz CT molecular complexity index is 777. The number of nitrogens with one attached hydrogen (secondary N) is 1. The maximum Gasteiger partial charge on any atom is 0.245 e. The highest BCUT2D eigenvalue weighted by Gasteiger charge is 2.21. The Balaban J connectivity index is 2.28. The van der Waals surface area contributed by atoms with Crippen LogP contribution in [0.4, 0.5) is 11.5 Å². The average Bonchev–Trinajstić information content (AvgIpc) is 3.02. The van der Waals surface area contributed by atoms with Gasteiger partial charge in [-0.3, -0.25) is 9.59 Å². The van der Waals surface area contributed by atoms with Crippen molar-refractivity contribution in [3.05, 3.63) is 24.0 Å². The standard InChI is InChI=1S/C17H21N3O6/c1-10-6-15(19-26-10)18-16(22)9-20(11(2)21)12-7-13(23-3)17(25-5)14(8-12)24-4/h6-8H,9H2,1-5H3,(H,18,19,22). The molecule has 2 amide bonds. The second-order valence-electron chi connectivity index (χ2n) is 5.36. The van der Waals surface area contributed by atoms with Crippen LogP contribution in [0, 0.1) is 6.92 Å². The SMILES string of the molecule is COc1cc(N(CC(=O)Nc2cc(C)on2)C(C)=O)cc(OC)c1OC. The molecule has 1 aromatic heterocycles. The molecular weight excluding hydrogens is 342 g/mol. The lowest BCUT2D eigenvalue weighted by molar-refractivity contribution is -0.120. The summed E-state index contributed by atoms with van der Waals surface area (Å²) in [7, 11) is 4.42. The number of anilines is 2. The van der Waals surface area contributed by atoms with E-state index < -0.39 is 5.91 Å². The Morgan fingerprint density at radius 3 is 2.15 bits per heavy atom. The summed E-state index contributed by atoms with van der Waals surface area (Å²) < 4.78 is 20.7. The highest BCUT2D eigenvalue weighted by Crippen LogP contribution is 2.41. The molecule has 26 heavy (non-hydrogen) atoms. The zero-order valence-corrected chi connectivity index (χ0v) is 15.3. The fourth-order valence-corrected chi connectivity index (χ4v) is 2.36. The number of nitrogens with zero attached hydrogens (tertiary/aromatic N) is 2. The molecule has 0 bridgehead atoms. The molecule has 0 aliphatic heterocycles. The predicted octanol–water partition coefficient (Wildman–Crippen LogP) is 2.00. The third-order valence-electron chi connectivity index (χ3n) is 3.54. The van der Waals surface area contributed by atoms with Gasteiger partial charge >= 0.3 is 0 Å². The van der Waals surface area contributed by atoms with E-state index in [1.807, 2.05) is 0 Å². The fraction of sp³-hybridized carbons (Fsp3) is 0.353. The summed E-state index contributed by atoms with van der Waals surface area (Å²) in [5.41, 5.74) is 0.429. The van der Waals surface area contributed by atoms with E-state index in [1.165, 1.54) is 33.2 Å². The average molecular weight is 363 g/mol. The summed E-state index contributed by atoms with van der Waals surface area (Å²) >= 11 is 0. The van der Waals surface area contributed by atoms with Crippen LogP contribution in [0.3, 0.4) is 0 Å². The van der Waals surface area contributed by atoms with Crippen LogP contribution in [-0.2, 0) is 9.59 Å². The van der Waals surface area contributed by atoms with Crippen molar-refractivity contribution in [3.63, 3.8) is 0 Å². The predicted molar refractivity (Wildman–Crippen MR) is 94.0 cm³/mol. The number of carbonyl (C=O) groups excluding carboxylic acids is 2. The fourth-order valence-electron chi connectivity index (χ4n) is 2.36. The van der Waals surface area contributed by atoms with Gasteiger partial charge in [-0.25, -0.2) is 0 Å². The Labute approximate surface area is 150 Å². The molecule has 0 fully saturated rings. The molecule has 2 rings (SSSR count). The Kier molecular flexibility index (Phi) is 6.05. The van der Waals surface area contributed by atoms with Crippen molar-refractivity contribution in [3.8, 4) is 17.2 Å². The van der Waals surface area contributed by atoms with Gasteiger partial charge in [0, 0.05) is 25.1 Å². The summed E-state index contributed by atoms with van der Waals surface area (Å²) in [6.07, 6.45) is 0. The van der Waals surface area contributed by atoms with Crippen LogP contribution >= 0.6 is 0 Å². The van der Waals surface area contributed by atoms with Crippen LogP contribution in [0.1, 0.15) is 12.7 Å². The molecule has 0 saturated carbocycles. The minimum absolute atomic E-state index is 0.222. The largest absolute Gasteiger partial charge is 0.493 e. The lowest BCUT2D eigenvalue weighted by Crippen LogP contribution is -2.36. The molecule has 0 aliphatic rings. The van der Waals surface area contributed by atoms with Gasteiger partial charge in [-0.15, -0.1) is 0 Å². The Hall–Kier alpha value is -3.23. The van der Waals surface area contributed by atoms with E-state index in [9.17, 15) is 9.59 Å². The van der Waals surface area contributed by atoms with Gasteiger partial charge < -0.3 is 29.0 Å². The third-order valence-corrected chi connectivity index (χ3v) is 3.54. The van der Waals surface area contributed by atoms with Crippen LogP contribution in [0.15, 0.2) is 22.7 Å². The highest BCUT2D eigenvalue weighted by molar-refractivity contribution is 6.01. The molecular formula is C17H21N3O6. The summed E-state index contributed by atoms with van der Waals surface area (Å²) in [6.45, 7) is 2.84. The van der Waals surface area contributed by atoms with Gasteiger partial charge in [0.05, 0.1) is 27.0 Å². The van der Waals surface area contributed by atoms with Crippen LogP contribution in [0.2, 0.25) is 0 Å². The quantitative estimate of drug-likeness (QED) is 0.802. The summed E-state index contributed by atoms with van der Waals surface area (Å²) in [5, 5.41) is 6.26. The zero-order valence-electron chi connectivity index (χ0n) is 15.3. The van der Waals surface area contributed by atoms with Gasteiger partial charge in [0.1, 0.15) is 12.3 Å². The van der Waals surface area contributed by atoms with E-state index >= 15 is 0 Å². The topological polar surface area (TPSA) is 103 Å². The number of carbonyl (C=O) groups is 2. The molecule has 9 heteroatoms. The molecule has 1 heterocycles. The number of rotatable bonds is 7. The first kappa shape index (κ1) is 19.1. The zero-order chi connectivity index (χ0) is 19.3. The minimum Gasteiger partial charge on any atom is -0.493 e. The molecule has 9 nitrogen and oxygen atoms in total. The van der Waals surface area contributed by atoms with E-state index in [4.69, 9.17) is 18.7 Å². The molecule has 0 radical (unpaired) electrons. The first-order valence-electron chi connectivity index (χ1n) is 7.70.